The third-order valence-electron chi connectivity index (χ3n) is 2.79. The van der Waals surface area contributed by atoms with E-state index in [4.69, 9.17) is 9.26 Å². The van der Waals surface area contributed by atoms with Crippen molar-refractivity contribution < 1.29 is 18.8 Å². The van der Waals surface area contributed by atoms with Crippen molar-refractivity contribution in [2.45, 2.75) is 19.9 Å². The zero-order valence-corrected chi connectivity index (χ0v) is 11.8. The molecule has 0 fully saturated rings. The van der Waals surface area contributed by atoms with Crippen molar-refractivity contribution in [3.05, 3.63) is 42.2 Å². The number of ether oxygens (including phenoxy) is 1. The predicted molar refractivity (Wildman–Crippen MR) is 75.5 cm³/mol. The van der Waals surface area contributed by atoms with Crippen LogP contribution in [0.15, 0.2) is 40.9 Å². The van der Waals surface area contributed by atoms with Gasteiger partial charge in [-0.2, -0.15) is 0 Å². The number of rotatable bonds is 5. The third kappa shape index (κ3) is 3.68. The minimum atomic E-state index is -0.747. The number of carbonyl (C=O) groups excluding carboxylic acids is 2. The summed E-state index contributed by atoms with van der Waals surface area (Å²) in [5.74, 6) is -0.955. The molecule has 0 bridgehead atoms. The van der Waals surface area contributed by atoms with Crippen LogP contribution in [0.3, 0.4) is 0 Å². The maximum absolute atomic E-state index is 12.0. The summed E-state index contributed by atoms with van der Waals surface area (Å²) in [7, 11) is 0. The molecule has 0 saturated carbocycles. The van der Waals surface area contributed by atoms with Gasteiger partial charge >= 0.3 is 5.97 Å². The van der Waals surface area contributed by atoms with E-state index in [0.29, 0.717) is 5.69 Å². The van der Waals surface area contributed by atoms with Crippen molar-refractivity contribution in [1.82, 2.24) is 10.5 Å². The van der Waals surface area contributed by atoms with Gasteiger partial charge in [0.05, 0.1) is 6.61 Å². The van der Waals surface area contributed by atoms with E-state index in [0.717, 1.165) is 5.56 Å². The van der Waals surface area contributed by atoms with Crippen LogP contribution in [-0.4, -0.2) is 29.7 Å². The summed E-state index contributed by atoms with van der Waals surface area (Å²) in [6.45, 7) is 3.51. The SMILES string of the molecule is CCOC(=O)C(C)NC(=O)c1cc(-c2ccccc2)no1. The molecule has 1 atom stereocenters. The fourth-order valence-electron chi connectivity index (χ4n) is 1.72. The Morgan fingerprint density at radius 1 is 1.33 bits per heavy atom. The summed E-state index contributed by atoms with van der Waals surface area (Å²) in [6, 6.07) is 10.1. The van der Waals surface area contributed by atoms with Crippen LogP contribution in [0.1, 0.15) is 24.4 Å². The lowest BCUT2D eigenvalue weighted by Gasteiger charge is -2.10. The summed E-state index contributed by atoms with van der Waals surface area (Å²) in [4.78, 5) is 23.4. The van der Waals surface area contributed by atoms with Gasteiger partial charge in [-0.1, -0.05) is 35.5 Å². The lowest BCUT2D eigenvalue weighted by atomic mass is 10.1. The topological polar surface area (TPSA) is 81.4 Å². The number of amides is 1. The Morgan fingerprint density at radius 3 is 2.71 bits per heavy atom. The third-order valence-corrected chi connectivity index (χ3v) is 2.79. The van der Waals surface area contributed by atoms with Crippen LogP contribution in [0.2, 0.25) is 0 Å². The molecule has 6 heteroatoms. The van der Waals surface area contributed by atoms with Gasteiger partial charge in [-0.05, 0) is 13.8 Å². The average Bonchev–Trinajstić information content (AvgIpc) is 2.98. The fourth-order valence-corrected chi connectivity index (χ4v) is 1.72. The maximum atomic E-state index is 12.0. The first-order valence-corrected chi connectivity index (χ1v) is 6.61. The molecular formula is C15H16N2O4. The van der Waals surface area contributed by atoms with Gasteiger partial charge in [0.2, 0.25) is 5.76 Å². The van der Waals surface area contributed by atoms with Crippen molar-refractivity contribution in [3.63, 3.8) is 0 Å². The number of hydrogen-bond donors (Lipinski definition) is 1. The molecule has 0 radical (unpaired) electrons. The molecule has 1 unspecified atom stereocenters. The molecule has 21 heavy (non-hydrogen) atoms. The number of hydrogen-bond acceptors (Lipinski definition) is 5. The summed E-state index contributed by atoms with van der Waals surface area (Å²) >= 11 is 0. The largest absolute Gasteiger partial charge is 0.464 e. The summed E-state index contributed by atoms with van der Waals surface area (Å²) in [6.07, 6.45) is 0. The van der Waals surface area contributed by atoms with Crippen molar-refractivity contribution in [2.75, 3.05) is 6.61 Å². The molecule has 1 N–H and O–H groups in total. The van der Waals surface area contributed by atoms with E-state index in [1.165, 1.54) is 6.07 Å². The monoisotopic (exact) mass is 288 g/mol. The quantitative estimate of drug-likeness (QED) is 0.851. The highest BCUT2D eigenvalue weighted by atomic mass is 16.5. The predicted octanol–water partition coefficient (Wildman–Crippen LogP) is 2.02. The number of carbonyl (C=O) groups is 2. The smallest absolute Gasteiger partial charge is 0.328 e. The number of aromatic nitrogens is 1. The molecule has 2 aromatic rings. The highest BCUT2D eigenvalue weighted by Gasteiger charge is 2.20. The van der Waals surface area contributed by atoms with E-state index < -0.39 is 17.9 Å². The first-order valence-electron chi connectivity index (χ1n) is 6.61. The zero-order valence-electron chi connectivity index (χ0n) is 11.8. The molecule has 0 aliphatic rings. The Hall–Kier alpha value is -2.63. The highest BCUT2D eigenvalue weighted by molar-refractivity contribution is 5.95. The Labute approximate surface area is 122 Å². The Bertz CT molecular complexity index is 622. The first-order chi connectivity index (χ1) is 10.1. The van der Waals surface area contributed by atoms with Crippen molar-refractivity contribution in [2.24, 2.45) is 0 Å². The second kappa shape index (κ2) is 6.69. The van der Waals surface area contributed by atoms with Crippen molar-refractivity contribution in [3.8, 4) is 11.3 Å². The van der Waals surface area contributed by atoms with Gasteiger partial charge in [-0.15, -0.1) is 0 Å². The van der Waals surface area contributed by atoms with E-state index in [9.17, 15) is 9.59 Å². The number of nitrogens with zero attached hydrogens (tertiary/aromatic N) is 1. The van der Waals surface area contributed by atoms with Gasteiger partial charge in [-0.3, -0.25) is 4.79 Å². The molecule has 1 amide bonds. The highest BCUT2D eigenvalue weighted by Crippen LogP contribution is 2.18. The molecule has 0 aliphatic heterocycles. The van der Waals surface area contributed by atoms with Gasteiger partial charge < -0.3 is 14.6 Å². The van der Waals surface area contributed by atoms with Gasteiger partial charge in [0, 0.05) is 11.6 Å². The Morgan fingerprint density at radius 2 is 2.05 bits per heavy atom. The number of esters is 1. The molecule has 1 aromatic heterocycles. The maximum Gasteiger partial charge on any atom is 0.328 e. The second-order valence-electron chi connectivity index (χ2n) is 4.39. The standard InChI is InChI=1S/C15H16N2O4/c1-3-20-15(19)10(2)16-14(18)13-9-12(17-21-13)11-7-5-4-6-8-11/h4-10H,3H2,1-2H3,(H,16,18). The average molecular weight is 288 g/mol. The normalized spacial score (nSPS) is 11.7. The van der Waals surface area contributed by atoms with Crippen LogP contribution in [0.4, 0.5) is 0 Å². The molecule has 1 aromatic carbocycles. The van der Waals surface area contributed by atoms with Crippen LogP contribution in [0.5, 0.6) is 0 Å². The molecule has 0 spiro atoms. The van der Waals surface area contributed by atoms with Crippen LogP contribution >= 0.6 is 0 Å². The van der Waals surface area contributed by atoms with E-state index in [1.807, 2.05) is 30.3 Å². The molecule has 6 nitrogen and oxygen atoms in total. The molecule has 2 rings (SSSR count). The zero-order chi connectivity index (χ0) is 15.2. The van der Waals surface area contributed by atoms with Crippen LogP contribution < -0.4 is 5.32 Å². The molecular weight excluding hydrogens is 272 g/mol. The molecule has 1 heterocycles. The minimum Gasteiger partial charge on any atom is -0.464 e. The second-order valence-corrected chi connectivity index (χ2v) is 4.39. The van der Waals surface area contributed by atoms with Crippen LogP contribution in [-0.2, 0) is 9.53 Å². The Balaban J connectivity index is 2.04. The van der Waals surface area contributed by atoms with Crippen molar-refractivity contribution >= 4 is 11.9 Å². The summed E-state index contributed by atoms with van der Waals surface area (Å²) < 4.78 is 9.82. The fraction of sp³-hybridized carbons (Fsp3) is 0.267. The Kier molecular flexibility index (Phi) is 4.71. The summed E-state index contributed by atoms with van der Waals surface area (Å²) in [5, 5.41) is 6.34. The lowest BCUT2D eigenvalue weighted by molar-refractivity contribution is -0.144. The van der Waals surface area contributed by atoms with Gasteiger partial charge in [0.1, 0.15) is 11.7 Å². The van der Waals surface area contributed by atoms with E-state index in [1.54, 1.807) is 13.8 Å². The van der Waals surface area contributed by atoms with E-state index in [-0.39, 0.29) is 12.4 Å². The van der Waals surface area contributed by atoms with Crippen LogP contribution in [0.25, 0.3) is 11.3 Å². The lowest BCUT2D eigenvalue weighted by Crippen LogP contribution is -2.39. The first kappa shape index (κ1) is 14.8. The molecule has 110 valence electrons. The van der Waals surface area contributed by atoms with Crippen LogP contribution in [0, 0.1) is 0 Å². The van der Waals surface area contributed by atoms with Gasteiger partial charge in [0.15, 0.2) is 0 Å². The molecule has 0 saturated heterocycles. The van der Waals surface area contributed by atoms with Gasteiger partial charge in [-0.25, -0.2) is 4.79 Å². The van der Waals surface area contributed by atoms with Crippen molar-refractivity contribution in [1.29, 1.82) is 0 Å². The minimum absolute atomic E-state index is 0.0463. The number of benzene rings is 1. The van der Waals surface area contributed by atoms with E-state index in [2.05, 4.69) is 10.5 Å². The van der Waals surface area contributed by atoms with Gasteiger partial charge in [0.25, 0.3) is 5.91 Å². The summed E-state index contributed by atoms with van der Waals surface area (Å²) in [5.41, 5.74) is 1.41. The molecule has 0 aliphatic carbocycles. The number of nitrogens with one attached hydrogen (secondary N) is 1. The van der Waals surface area contributed by atoms with E-state index >= 15 is 0 Å².